The van der Waals surface area contributed by atoms with Crippen LogP contribution >= 0.6 is 23.1 Å². The third kappa shape index (κ3) is 3.35. The molecule has 0 saturated carbocycles. The molecule has 0 unspecified atom stereocenters. The van der Waals surface area contributed by atoms with E-state index in [1.165, 1.54) is 24.0 Å². The monoisotopic (exact) mass is 379 g/mol. The number of thiophene rings is 1. The predicted molar refractivity (Wildman–Crippen MR) is 100 cm³/mol. The fourth-order valence-electron chi connectivity index (χ4n) is 3.62. The van der Waals surface area contributed by atoms with Gasteiger partial charge in [-0.2, -0.15) is 0 Å². The first-order valence-electron chi connectivity index (χ1n) is 8.61. The van der Waals surface area contributed by atoms with E-state index in [1.807, 2.05) is 0 Å². The van der Waals surface area contributed by atoms with Crippen LogP contribution in [0.25, 0.3) is 10.2 Å². The van der Waals surface area contributed by atoms with E-state index in [0.29, 0.717) is 18.9 Å². The van der Waals surface area contributed by atoms with Gasteiger partial charge in [-0.15, -0.1) is 23.1 Å². The molecule has 6 nitrogen and oxygen atoms in total. The van der Waals surface area contributed by atoms with Crippen molar-refractivity contribution in [1.82, 2.24) is 14.9 Å². The third-order valence-corrected chi connectivity index (χ3v) is 7.21. The van der Waals surface area contributed by atoms with Gasteiger partial charge in [-0.25, -0.2) is 4.98 Å². The molecule has 2 aliphatic rings. The molecule has 1 N–H and O–H groups in total. The number of carbonyl (C=O) groups excluding carboxylic acids is 1. The Morgan fingerprint density at radius 2 is 2.24 bits per heavy atom. The summed E-state index contributed by atoms with van der Waals surface area (Å²) in [5.74, 6) is 1.38. The number of fused-ring (bicyclic) bond motifs is 3. The highest BCUT2D eigenvalue weighted by molar-refractivity contribution is 8.00. The Bertz CT molecular complexity index is 861. The normalized spacial score (nSPS) is 21.2. The SMILES string of the molecule is COC(=O)[C@H]1CN(Cc2nc3sc4c(c3c(=O)[nH]2)CCCC4)CCS1. The first kappa shape index (κ1) is 17.1. The third-order valence-electron chi connectivity index (χ3n) is 4.86. The topological polar surface area (TPSA) is 75.3 Å². The highest BCUT2D eigenvalue weighted by atomic mass is 32.2. The summed E-state index contributed by atoms with van der Waals surface area (Å²) in [5, 5.41) is 0.633. The van der Waals surface area contributed by atoms with Crippen LogP contribution in [0.2, 0.25) is 0 Å². The Morgan fingerprint density at radius 3 is 3.08 bits per heavy atom. The van der Waals surface area contributed by atoms with E-state index in [4.69, 9.17) is 9.72 Å². The highest BCUT2D eigenvalue weighted by Gasteiger charge is 2.28. The second kappa shape index (κ2) is 7.09. The summed E-state index contributed by atoms with van der Waals surface area (Å²) in [5.41, 5.74) is 1.20. The van der Waals surface area contributed by atoms with E-state index in [0.717, 1.165) is 41.8 Å². The Kier molecular flexibility index (Phi) is 4.84. The number of aromatic nitrogens is 2. The molecule has 134 valence electrons. The lowest BCUT2D eigenvalue weighted by atomic mass is 9.97. The van der Waals surface area contributed by atoms with Gasteiger partial charge in [0.15, 0.2) is 0 Å². The van der Waals surface area contributed by atoms with Crippen LogP contribution in [0.1, 0.15) is 29.1 Å². The molecule has 1 aliphatic carbocycles. The van der Waals surface area contributed by atoms with Crippen molar-refractivity contribution in [3.8, 4) is 0 Å². The van der Waals surface area contributed by atoms with E-state index < -0.39 is 0 Å². The van der Waals surface area contributed by atoms with Crippen LogP contribution in [-0.4, -0.2) is 52.0 Å². The molecule has 2 aromatic rings. The lowest BCUT2D eigenvalue weighted by Gasteiger charge is -2.30. The van der Waals surface area contributed by atoms with Crippen LogP contribution in [0.5, 0.6) is 0 Å². The molecule has 3 heterocycles. The Morgan fingerprint density at radius 1 is 1.40 bits per heavy atom. The molecule has 1 aliphatic heterocycles. The van der Waals surface area contributed by atoms with E-state index in [2.05, 4.69) is 9.88 Å². The maximum absolute atomic E-state index is 12.6. The second-order valence-corrected chi connectivity index (χ2v) is 8.92. The molecule has 0 spiro atoms. The smallest absolute Gasteiger partial charge is 0.320 e. The van der Waals surface area contributed by atoms with Gasteiger partial charge in [-0.05, 0) is 31.2 Å². The number of aryl methyl sites for hydroxylation is 2. The Balaban J connectivity index is 1.58. The van der Waals surface area contributed by atoms with Crippen molar-refractivity contribution in [2.75, 3.05) is 26.0 Å². The maximum atomic E-state index is 12.6. The molecule has 0 amide bonds. The van der Waals surface area contributed by atoms with Gasteiger partial charge in [0.2, 0.25) is 0 Å². The largest absolute Gasteiger partial charge is 0.468 e. The number of nitrogens with one attached hydrogen (secondary N) is 1. The van der Waals surface area contributed by atoms with Gasteiger partial charge in [0.25, 0.3) is 5.56 Å². The lowest BCUT2D eigenvalue weighted by Crippen LogP contribution is -2.41. The number of thioether (sulfide) groups is 1. The molecular weight excluding hydrogens is 358 g/mol. The van der Waals surface area contributed by atoms with Crippen molar-refractivity contribution in [1.29, 1.82) is 0 Å². The van der Waals surface area contributed by atoms with Crippen molar-refractivity contribution in [2.24, 2.45) is 0 Å². The lowest BCUT2D eigenvalue weighted by molar-refractivity contribution is -0.140. The quantitative estimate of drug-likeness (QED) is 0.822. The number of methoxy groups -OCH3 is 1. The molecule has 1 fully saturated rings. The zero-order chi connectivity index (χ0) is 17.4. The molecule has 1 saturated heterocycles. The number of hydrogen-bond acceptors (Lipinski definition) is 7. The van der Waals surface area contributed by atoms with Crippen LogP contribution in [0.4, 0.5) is 0 Å². The number of nitrogens with zero attached hydrogens (tertiary/aromatic N) is 2. The van der Waals surface area contributed by atoms with Gasteiger partial charge in [0, 0.05) is 23.7 Å². The molecule has 0 aromatic carbocycles. The van der Waals surface area contributed by atoms with Crippen LogP contribution in [0.15, 0.2) is 4.79 Å². The van der Waals surface area contributed by atoms with Crippen molar-refractivity contribution >= 4 is 39.3 Å². The van der Waals surface area contributed by atoms with Crippen LogP contribution in [0, 0.1) is 0 Å². The first-order chi connectivity index (χ1) is 12.2. The van der Waals surface area contributed by atoms with Crippen molar-refractivity contribution in [3.05, 3.63) is 26.6 Å². The van der Waals surface area contributed by atoms with Crippen LogP contribution in [0.3, 0.4) is 0 Å². The number of ether oxygens (including phenoxy) is 1. The van der Waals surface area contributed by atoms with E-state index in [1.54, 1.807) is 23.1 Å². The Hall–Kier alpha value is -1.38. The average Bonchev–Trinajstić information content (AvgIpc) is 3.00. The van der Waals surface area contributed by atoms with Gasteiger partial charge in [-0.1, -0.05) is 0 Å². The fraction of sp³-hybridized carbons (Fsp3) is 0.588. The van der Waals surface area contributed by atoms with Gasteiger partial charge >= 0.3 is 5.97 Å². The summed E-state index contributed by atoms with van der Waals surface area (Å²) in [7, 11) is 1.42. The summed E-state index contributed by atoms with van der Waals surface area (Å²) in [6.07, 6.45) is 4.41. The molecule has 2 aromatic heterocycles. The van der Waals surface area contributed by atoms with Gasteiger partial charge in [-0.3, -0.25) is 14.5 Å². The molecule has 4 rings (SSSR count). The summed E-state index contributed by atoms with van der Waals surface area (Å²) in [6, 6.07) is 0. The summed E-state index contributed by atoms with van der Waals surface area (Å²) in [4.78, 5) is 36.4. The second-order valence-electron chi connectivity index (χ2n) is 6.52. The van der Waals surface area contributed by atoms with Gasteiger partial charge in [0.1, 0.15) is 15.9 Å². The predicted octanol–water partition coefficient (Wildman–Crippen LogP) is 1.95. The zero-order valence-corrected chi connectivity index (χ0v) is 15.8. The molecular formula is C17H21N3O3S2. The molecule has 0 bridgehead atoms. The van der Waals surface area contributed by atoms with Crippen molar-refractivity contribution < 1.29 is 9.53 Å². The molecule has 1 atom stereocenters. The zero-order valence-electron chi connectivity index (χ0n) is 14.2. The molecule has 8 heteroatoms. The molecule has 25 heavy (non-hydrogen) atoms. The average molecular weight is 380 g/mol. The minimum Gasteiger partial charge on any atom is -0.468 e. The number of rotatable bonds is 3. The fourth-order valence-corrected chi connectivity index (χ4v) is 6.09. The van der Waals surface area contributed by atoms with Gasteiger partial charge in [0.05, 0.1) is 19.0 Å². The van der Waals surface area contributed by atoms with Gasteiger partial charge < -0.3 is 9.72 Å². The van der Waals surface area contributed by atoms with E-state index in [-0.39, 0.29) is 16.8 Å². The van der Waals surface area contributed by atoms with Crippen molar-refractivity contribution in [2.45, 2.75) is 37.5 Å². The standard InChI is InChI=1S/C17H21N3O3S2/c1-23-17(22)12-8-20(6-7-24-12)9-13-18-15(21)14-10-4-2-3-5-11(10)25-16(14)19-13/h12H,2-9H2,1H3,(H,18,19,21)/t12-/m1/s1. The first-order valence-corrected chi connectivity index (χ1v) is 10.5. The minimum atomic E-state index is -0.183. The van der Waals surface area contributed by atoms with Crippen molar-refractivity contribution in [3.63, 3.8) is 0 Å². The number of aromatic amines is 1. The van der Waals surface area contributed by atoms with Crippen LogP contribution in [-0.2, 0) is 28.9 Å². The van der Waals surface area contributed by atoms with Crippen LogP contribution < -0.4 is 5.56 Å². The molecule has 0 radical (unpaired) electrons. The maximum Gasteiger partial charge on any atom is 0.320 e. The van der Waals surface area contributed by atoms with E-state index >= 15 is 0 Å². The summed E-state index contributed by atoms with van der Waals surface area (Å²) < 4.78 is 4.85. The number of esters is 1. The Labute approximate surface area is 154 Å². The summed E-state index contributed by atoms with van der Waals surface area (Å²) >= 11 is 3.30. The highest BCUT2D eigenvalue weighted by Crippen LogP contribution is 2.33. The van der Waals surface area contributed by atoms with E-state index in [9.17, 15) is 9.59 Å². The number of hydrogen-bond donors (Lipinski definition) is 1. The number of H-pyrrole nitrogens is 1. The summed E-state index contributed by atoms with van der Waals surface area (Å²) in [6.45, 7) is 2.06. The number of carbonyl (C=O) groups is 1. The minimum absolute atomic E-state index is 0.0182.